The normalized spacial score (nSPS) is 23.4. The summed E-state index contributed by atoms with van der Waals surface area (Å²) < 4.78 is 42.4. The Bertz CT molecular complexity index is 774. The van der Waals surface area contributed by atoms with Crippen LogP contribution < -0.4 is 5.32 Å². The van der Waals surface area contributed by atoms with Crippen molar-refractivity contribution < 1.29 is 13.2 Å². The molecule has 1 N–H and O–H groups in total. The van der Waals surface area contributed by atoms with Crippen molar-refractivity contribution in [1.29, 1.82) is 0 Å². The Morgan fingerprint density at radius 2 is 2.08 bits per heavy atom. The Morgan fingerprint density at radius 1 is 1.29 bits per heavy atom. The van der Waals surface area contributed by atoms with E-state index in [9.17, 15) is 13.2 Å². The maximum absolute atomic E-state index is 13.1. The summed E-state index contributed by atoms with van der Waals surface area (Å²) in [6.45, 7) is 2.19. The number of aryl methyl sites for hydroxylation is 2. The van der Waals surface area contributed by atoms with E-state index in [1.807, 2.05) is 0 Å². The van der Waals surface area contributed by atoms with Gasteiger partial charge in [-0.15, -0.1) is 0 Å². The van der Waals surface area contributed by atoms with Gasteiger partial charge in [-0.05, 0) is 38.7 Å². The molecule has 0 saturated carbocycles. The number of hydrogen-bond donors (Lipinski definition) is 1. The van der Waals surface area contributed by atoms with E-state index in [0.717, 1.165) is 42.3 Å². The van der Waals surface area contributed by atoms with Gasteiger partial charge in [0.05, 0.1) is 23.1 Å². The first-order valence-electron chi connectivity index (χ1n) is 8.35. The van der Waals surface area contributed by atoms with Crippen LogP contribution in [0.15, 0.2) is 6.07 Å². The number of aromatic nitrogens is 4. The van der Waals surface area contributed by atoms with Gasteiger partial charge < -0.3 is 5.32 Å². The van der Waals surface area contributed by atoms with Crippen molar-refractivity contribution >= 4 is 0 Å². The summed E-state index contributed by atoms with van der Waals surface area (Å²) in [6.07, 6.45) is -0.332. The number of halogens is 3. The van der Waals surface area contributed by atoms with E-state index >= 15 is 0 Å². The number of piperidine rings is 1. The summed E-state index contributed by atoms with van der Waals surface area (Å²) in [5.41, 5.74) is 2.49. The molecule has 24 heavy (non-hydrogen) atoms. The van der Waals surface area contributed by atoms with Gasteiger partial charge in [-0.2, -0.15) is 23.4 Å². The van der Waals surface area contributed by atoms with Gasteiger partial charge in [0.1, 0.15) is 0 Å². The summed E-state index contributed by atoms with van der Waals surface area (Å²) >= 11 is 0. The van der Waals surface area contributed by atoms with Gasteiger partial charge in [0.15, 0.2) is 5.69 Å². The third-order valence-corrected chi connectivity index (χ3v) is 5.05. The third-order valence-electron chi connectivity index (χ3n) is 5.05. The van der Waals surface area contributed by atoms with Crippen molar-refractivity contribution in [2.45, 2.75) is 57.4 Å². The number of rotatable bonds is 2. The fraction of sp³-hybridized carbons (Fsp3) is 0.625. The van der Waals surface area contributed by atoms with Crippen LogP contribution in [0.4, 0.5) is 13.2 Å². The molecule has 5 nitrogen and oxygen atoms in total. The Balaban J connectivity index is 1.86. The zero-order valence-electron chi connectivity index (χ0n) is 13.7. The van der Waals surface area contributed by atoms with E-state index in [4.69, 9.17) is 0 Å². The smallest absolute Gasteiger partial charge is 0.305 e. The second-order valence-electron chi connectivity index (χ2n) is 6.62. The average molecular weight is 339 g/mol. The second-order valence-corrected chi connectivity index (χ2v) is 6.62. The first kappa shape index (κ1) is 15.7. The van der Waals surface area contributed by atoms with Crippen LogP contribution in [0.5, 0.6) is 0 Å². The standard InChI is InChI=1S/C16H20F3N5/c1-3-24-12(8-13(21-24)16(17,18)19)15-10-7-9-5-4-6-11(20-9)14(10)22-23(15)2/h8-9,11,20H,3-7H2,1-2H3. The molecule has 0 aliphatic carbocycles. The molecule has 2 atom stereocenters. The highest BCUT2D eigenvalue weighted by Crippen LogP contribution is 2.40. The molecule has 0 spiro atoms. The highest BCUT2D eigenvalue weighted by molar-refractivity contribution is 5.63. The number of fused-ring (bicyclic) bond motifs is 4. The molecule has 2 bridgehead atoms. The monoisotopic (exact) mass is 339 g/mol. The Kier molecular flexibility index (Phi) is 3.49. The molecule has 0 amide bonds. The molecule has 2 aliphatic rings. The Hall–Kier alpha value is -1.83. The van der Waals surface area contributed by atoms with Crippen molar-refractivity contribution in [2.75, 3.05) is 0 Å². The summed E-state index contributed by atoms with van der Waals surface area (Å²) in [7, 11) is 1.80. The lowest BCUT2D eigenvalue weighted by molar-refractivity contribution is -0.141. The van der Waals surface area contributed by atoms with Crippen molar-refractivity contribution in [1.82, 2.24) is 24.9 Å². The highest BCUT2D eigenvalue weighted by Gasteiger charge is 2.38. The molecular formula is C16H20F3N5. The van der Waals surface area contributed by atoms with E-state index in [1.54, 1.807) is 18.7 Å². The van der Waals surface area contributed by atoms with Crippen molar-refractivity contribution in [3.05, 3.63) is 23.0 Å². The SMILES string of the molecule is CCn1nc(C(F)(F)F)cc1-c1c2c(nn1C)C1CCCC(C2)N1. The lowest BCUT2D eigenvalue weighted by atomic mass is 9.84. The van der Waals surface area contributed by atoms with Gasteiger partial charge in [0.25, 0.3) is 0 Å². The predicted molar refractivity (Wildman–Crippen MR) is 82.3 cm³/mol. The summed E-state index contributed by atoms with van der Waals surface area (Å²) in [6, 6.07) is 1.75. The molecule has 2 aromatic heterocycles. The molecule has 0 radical (unpaired) electrons. The lowest BCUT2D eigenvalue weighted by Crippen LogP contribution is -2.42. The van der Waals surface area contributed by atoms with Gasteiger partial charge in [-0.25, -0.2) is 0 Å². The molecule has 130 valence electrons. The minimum Gasteiger partial charge on any atom is -0.305 e. The quantitative estimate of drug-likeness (QED) is 0.915. The van der Waals surface area contributed by atoms with E-state index in [2.05, 4.69) is 15.5 Å². The predicted octanol–water partition coefficient (Wildman–Crippen LogP) is 3.06. The molecule has 1 saturated heterocycles. The van der Waals surface area contributed by atoms with Gasteiger partial charge in [-0.1, -0.05) is 0 Å². The number of nitrogens with one attached hydrogen (secondary N) is 1. The fourth-order valence-corrected chi connectivity index (χ4v) is 4.02. The Labute approximate surface area is 137 Å². The third kappa shape index (κ3) is 2.35. The number of alkyl halides is 3. The minimum atomic E-state index is -4.44. The van der Waals surface area contributed by atoms with Crippen molar-refractivity contribution in [3.63, 3.8) is 0 Å². The molecule has 4 heterocycles. The number of hydrogen-bond acceptors (Lipinski definition) is 3. The number of nitrogens with zero attached hydrogens (tertiary/aromatic N) is 4. The van der Waals surface area contributed by atoms with E-state index in [-0.39, 0.29) is 6.04 Å². The summed E-state index contributed by atoms with van der Waals surface area (Å²) in [5, 5.41) is 12.0. The molecule has 8 heteroatoms. The van der Waals surface area contributed by atoms with Crippen molar-refractivity contribution in [2.24, 2.45) is 7.05 Å². The van der Waals surface area contributed by atoms with Crippen LogP contribution in [0.1, 0.15) is 49.2 Å². The molecule has 2 unspecified atom stereocenters. The summed E-state index contributed by atoms with van der Waals surface area (Å²) in [4.78, 5) is 0. The molecule has 0 aromatic carbocycles. The van der Waals surface area contributed by atoms with Gasteiger partial charge in [0.2, 0.25) is 0 Å². The van der Waals surface area contributed by atoms with Crippen LogP contribution in [0.2, 0.25) is 0 Å². The molecular weight excluding hydrogens is 319 g/mol. The highest BCUT2D eigenvalue weighted by atomic mass is 19.4. The first-order valence-corrected chi connectivity index (χ1v) is 8.35. The molecule has 2 aliphatic heterocycles. The zero-order chi connectivity index (χ0) is 17.1. The maximum atomic E-state index is 13.1. The van der Waals surface area contributed by atoms with Crippen LogP contribution in [0, 0.1) is 0 Å². The zero-order valence-corrected chi connectivity index (χ0v) is 13.7. The largest absolute Gasteiger partial charge is 0.435 e. The minimum absolute atomic E-state index is 0.215. The average Bonchev–Trinajstić information content (AvgIpc) is 3.08. The van der Waals surface area contributed by atoms with Crippen LogP contribution >= 0.6 is 0 Å². The van der Waals surface area contributed by atoms with Crippen LogP contribution in [0.25, 0.3) is 11.4 Å². The van der Waals surface area contributed by atoms with Crippen LogP contribution in [-0.2, 0) is 26.2 Å². The lowest BCUT2D eigenvalue weighted by Gasteiger charge is -2.35. The van der Waals surface area contributed by atoms with Crippen LogP contribution in [0.3, 0.4) is 0 Å². The first-order chi connectivity index (χ1) is 11.4. The van der Waals surface area contributed by atoms with Gasteiger partial charge in [-0.3, -0.25) is 9.36 Å². The Morgan fingerprint density at radius 3 is 2.79 bits per heavy atom. The van der Waals surface area contributed by atoms with Gasteiger partial charge in [0, 0.05) is 25.2 Å². The molecule has 4 rings (SSSR count). The molecule has 2 aromatic rings. The summed E-state index contributed by atoms with van der Waals surface area (Å²) in [5.74, 6) is 0. The maximum Gasteiger partial charge on any atom is 0.435 e. The van der Waals surface area contributed by atoms with Gasteiger partial charge >= 0.3 is 6.18 Å². The molecule has 1 fully saturated rings. The second kappa shape index (κ2) is 5.34. The van der Waals surface area contributed by atoms with E-state index < -0.39 is 11.9 Å². The van der Waals surface area contributed by atoms with Crippen LogP contribution in [-0.4, -0.2) is 25.6 Å². The van der Waals surface area contributed by atoms with Crippen molar-refractivity contribution in [3.8, 4) is 11.4 Å². The van der Waals surface area contributed by atoms with E-state index in [0.29, 0.717) is 18.3 Å². The van der Waals surface area contributed by atoms with E-state index in [1.165, 1.54) is 11.1 Å². The fourth-order valence-electron chi connectivity index (χ4n) is 4.02. The topological polar surface area (TPSA) is 47.7 Å².